The molecule has 0 aliphatic carbocycles. The average molecular weight is 354 g/mol. The second kappa shape index (κ2) is 5.61. The third-order valence-electron chi connectivity index (χ3n) is 2.21. The van der Waals surface area contributed by atoms with Crippen molar-refractivity contribution in [1.29, 1.82) is 0 Å². The van der Waals surface area contributed by atoms with Crippen LogP contribution in [0.4, 0.5) is 5.69 Å². The van der Waals surface area contributed by atoms with Gasteiger partial charge in [0, 0.05) is 24.3 Å². The summed E-state index contributed by atoms with van der Waals surface area (Å²) in [7, 11) is -2.17. The molecule has 0 atom stereocenters. The second-order valence-corrected chi connectivity index (χ2v) is 7.27. The average Bonchev–Trinajstić information content (AvgIpc) is 2.22. The number of rotatable bonds is 4. The van der Waals surface area contributed by atoms with Crippen LogP contribution in [0.25, 0.3) is 0 Å². The zero-order valence-corrected chi connectivity index (χ0v) is 13.2. The van der Waals surface area contributed by atoms with Crippen LogP contribution in [0.5, 0.6) is 0 Å². The predicted molar refractivity (Wildman–Crippen MR) is 78.2 cm³/mol. The molecule has 1 aromatic rings. The number of hydrogen-bond acceptors (Lipinski definition) is 3. The van der Waals surface area contributed by atoms with Crippen LogP contribution in [0, 0.1) is 0 Å². The Morgan fingerprint density at radius 2 is 2.11 bits per heavy atom. The summed E-state index contributed by atoms with van der Waals surface area (Å²) in [5, 5.41) is 0.276. The van der Waals surface area contributed by atoms with E-state index in [0.29, 0.717) is 4.47 Å². The van der Waals surface area contributed by atoms with Gasteiger partial charge in [-0.25, -0.2) is 8.42 Å². The molecule has 2 N–H and O–H groups in total. The molecule has 0 spiro atoms. The van der Waals surface area contributed by atoms with E-state index < -0.39 is 10.0 Å². The van der Waals surface area contributed by atoms with Crippen LogP contribution >= 0.6 is 27.5 Å². The van der Waals surface area contributed by atoms with Crippen molar-refractivity contribution in [2.75, 3.05) is 19.3 Å². The van der Waals surface area contributed by atoms with Crippen molar-refractivity contribution in [3.05, 3.63) is 33.8 Å². The van der Waals surface area contributed by atoms with Crippen LogP contribution in [0.15, 0.2) is 33.7 Å². The van der Waals surface area contributed by atoms with Crippen LogP contribution in [0.3, 0.4) is 0 Å². The molecule has 0 unspecified atom stereocenters. The molecule has 0 heterocycles. The van der Waals surface area contributed by atoms with E-state index in [1.807, 2.05) is 0 Å². The van der Waals surface area contributed by atoms with Gasteiger partial charge in [0.15, 0.2) is 0 Å². The van der Waals surface area contributed by atoms with Crippen molar-refractivity contribution < 1.29 is 8.42 Å². The Kier molecular flexibility index (Phi) is 4.83. The lowest BCUT2D eigenvalue weighted by Gasteiger charge is -2.18. The first kappa shape index (κ1) is 15.5. The lowest BCUT2D eigenvalue weighted by Crippen LogP contribution is -2.28. The summed E-state index contributed by atoms with van der Waals surface area (Å²) in [6.07, 6.45) is 0. The summed E-state index contributed by atoms with van der Waals surface area (Å²) in [5.74, 6) is 0. The van der Waals surface area contributed by atoms with Crippen molar-refractivity contribution in [2.45, 2.75) is 11.8 Å². The van der Waals surface area contributed by atoms with Gasteiger partial charge < -0.3 is 5.73 Å². The molecule has 1 aromatic carbocycles. The van der Waals surface area contributed by atoms with Gasteiger partial charge in [-0.05, 0) is 35.0 Å². The smallest absolute Gasteiger partial charge is 0.244 e. The summed E-state index contributed by atoms with van der Waals surface area (Å²) in [6, 6.07) is 2.86. The highest BCUT2D eigenvalue weighted by Gasteiger charge is 2.24. The highest BCUT2D eigenvalue weighted by atomic mass is 79.9. The first-order valence-electron chi connectivity index (χ1n) is 5.01. The molecule has 4 nitrogen and oxygen atoms in total. The number of nitrogens with zero attached hydrogens (tertiary/aromatic N) is 1. The zero-order valence-electron chi connectivity index (χ0n) is 10.1. The number of sulfonamides is 1. The molecule has 0 amide bonds. The summed E-state index contributed by atoms with van der Waals surface area (Å²) in [6.45, 7) is 5.69. The van der Waals surface area contributed by atoms with Crippen molar-refractivity contribution in [1.82, 2.24) is 4.31 Å². The largest absolute Gasteiger partial charge is 0.398 e. The third-order valence-corrected chi connectivity index (χ3v) is 5.41. The lowest BCUT2D eigenvalue weighted by molar-refractivity contribution is 0.492. The molecule has 0 saturated heterocycles. The van der Waals surface area contributed by atoms with E-state index in [2.05, 4.69) is 22.5 Å². The Balaban J connectivity index is 3.33. The number of benzene rings is 1. The van der Waals surface area contributed by atoms with Crippen molar-refractivity contribution in [3.8, 4) is 0 Å². The zero-order chi connectivity index (χ0) is 14.1. The number of nitrogens with two attached hydrogens (primary N) is 1. The number of anilines is 1. The van der Waals surface area contributed by atoms with E-state index in [-0.39, 0.29) is 22.2 Å². The Labute approximate surface area is 121 Å². The van der Waals surface area contributed by atoms with Gasteiger partial charge in [-0.1, -0.05) is 23.8 Å². The maximum Gasteiger partial charge on any atom is 0.244 e. The van der Waals surface area contributed by atoms with Gasteiger partial charge in [0.05, 0.1) is 9.37 Å². The molecular formula is C11H14BrClN2O2S. The minimum absolute atomic E-state index is 0.0521. The molecule has 100 valence electrons. The van der Waals surface area contributed by atoms with E-state index >= 15 is 0 Å². The minimum Gasteiger partial charge on any atom is -0.398 e. The van der Waals surface area contributed by atoms with Crippen LogP contribution in [0.1, 0.15) is 6.92 Å². The summed E-state index contributed by atoms with van der Waals surface area (Å²) in [5.41, 5.74) is 6.71. The van der Waals surface area contributed by atoms with E-state index in [1.54, 1.807) is 6.92 Å². The lowest BCUT2D eigenvalue weighted by atomic mass is 10.3. The maximum absolute atomic E-state index is 12.3. The van der Waals surface area contributed by atoms with Gasteiger partial charge in [-0.2, -0.15) is 4.31 Å². The third kappa shape index (κ3) is 3.26. The van der Waals surface area contributed by atoms with Gasteiger partial charge in [0.25, 0.3) is 0 Å². The SMILES string of the molecule is C=C(C)CN(C)S(=O)(=O)c1cc(Cl)cc(N)c1Br. The normalized spacial score (nSPS) is 11.8. The number of likely N-dealkylation sites (N-methyl/N-ethyl adjacent to an activating group) is 1. The number of nitrogen functional groups attached to an aromatic ring is 1. The number of halogens is 2. The molecule has 0 bridgehead atoms. The van der Waals surface area contributed by atoms with E-state index in [1.165, 1.54) is 23.5 Å². The fourth-order valence-corrected chi connectivity index (χ4v) is 3.89. The first-order valence-corrected chi connectivity index (χ1v) is 7.62. The predicted octanol–water partition coefficient (Wildman–Crippen LogP) is 2.88. The second-order valence-electron chi connectivity index (χ2n) is 4.03. The van der Waals surface area contributed by atoms with Gasteiger partial charge in [0.2, 0.25) is 10.0 Å². The molecule has 1 rings (SSSR count). The van der Waals surface area contributed by atoms with E-state index in [0.717, 1.165) is 5.57 Å². The molecule has 0 saturated carbocycles. The van der Waals surface area contributed by atoms with Crippen LogP contribution in [-0.2, 0) is 10.0 Å². The molecule has 0 radical (unpaired) electrons. The Morgan fingerprint density at radius 1 is 1.56 bits per heavy atom. The van der Waals surface area contributed by atoms with Crippen molar-refractivity contribution in [2.24, 2.45) is 0 Å². The first-order chi connectivity index (χ1) is 8.16. The van der Waals surface area contributed by atoms with E-state index in [4.69, 9.17) is 17.3 Å². The molecule has 7 heteroatoms. The van der Waals surface area contributed by atoms with Gasteiger partial charge in [-0.15, -0.1) is 0 Å². The van der Waals surface area contributed by atoms with Gasteiger partial charge in [0.1, 0.15) is 0 Å². The summed E-state index contributed by atoms with van der Waals surface area (Å²) >= 11 is 9.01. The quantitative estimate of drug-likeness (QED) is 0.668. The summed E-state index contributed by atoms with van der Waals surface area (Å²) in [4.78, 5) is 0.0521. The molecule has 18 heavy (non-hydrogen) atoms. The van der Waals surface area contributed by atoms with Crippen molar-refractivity contribution >= 4 is 43.2 Å². The molecule has 0 aliphatic heterocycles. The minimum atomic E-state index is -3.65. The highest BCUT2D eigenvalue weighted by molar-refractivity contribution is 9.10. The Bertz CT molecular complexity index is 587. The van der Waals surface area contributed by atoms with Gasteiger partial charge >= 0.3 is 0 Å². The van der Waals surface area contributed by atoms with Crippen LogP contribution in [0.2, 0.25) is 5.02 Å². The topological polar surface area (TPSA) is 63.4 Å². The molecule has 0 aromatic heterocycles. The maximum atomic E-state index is 12.3. The van der Waals surface area contributed by atoms with E-state index in [9.17, 15) is 8.42 Å². The molecule has 0 fully saturated rings. The fraction of sp³-hybridized carbons (Fsp3) is 0.273. The standard InChI is InChI=1S/C11H14BrClN2O2S/c1-7(2)6-15(3)18(16,17)10-5-8(13)4-9(14)11(10)12/h4-5H,1,6,14H2,2-3H3. The molecule has 0 aliphatic rings. The van der Waals surface area contributed by atoms with Gasteiger partial charge in [-0.3, -0.25) is 0 Å². The van der Waals surface area contributed by atoms with Crippen LogP contribution in [-0.4, -0.2) is 26.3 Å². The Hall–Kier alpha value is -0.560. The van der Waals surface area contributed by atoms with Crippen molar-refractivity contribution in [3.63, 3.8) is 0 Å². The highest BCUT2D eigenvalue weighted by Crippen LogP contribution is 2.33. The molecular weight excluding hydrogens is 340 g/mol. The van der Waals surface area contributed by atoms with Crippen LogP contribution < -0.4 is 5.73 Å². The summed E-state index contributed by atoms with van der Waals surface area (Å²) < 4.78 is 26.2. The fourth-order valence-electron chi connectivity index (χ4n) is 1.41. The number of hydrogen-bond donors (Lipinski definition) is 1. The monoisotopic (exact) mass is 352 g/mol. The Morgan fingerprint density at radius 3 is 2.61 bits per heavy atom.